The van der Waals surface area contributed by atoms with Gasteiger partial charge in [-0.15, -0.1) is 0 Å². The maximum absolute atomic E-state index is 12.4. The fourth-order valence-corrected chi connectivity index (χ4v) is 2.20. The molecule has 0 aromatic carbocycles. The standard InChI is InChI=1S/C13H19N3O2/c1-2-14-12-11(6-3-7-15-12)13(18)16-8-4-5-10(17)9-16/h3,6-7,10,17H,2,4-5,8-9H2,1H3,(H,14,15). The van der Waals surface area contributed by atoms with E-state index in [1.165, 1.54) is 0 Å². The molecule has 1 amide bonds. The lowest BCUT2D eigenvalue weighted by molar-refractivity contribution is 0.0474. The van der Waals surface area contributed by atoms with Crippen LogP contribution in [0.5, 0.6) is 0 Å². The van der Waals surface area contributed by atoms with Crippen LogP contribution in [0.2, 0.25) is 0 Å². The van der Waals surface area contributed by atoms with Gasteiger partial charge in [0.25, 0.3) is 5.91 Å². The van der Waals surface area contributed by atoms with Gasteiger partial charge in [0.05, 0.1) is 11.7 Å². The van der Waals surface area contributed by atoms with E-state index in [0.717, 1.165) is 19.4 Å². The maximum Gasteiger partial charge on any atom is 0.257 e. The van der Waals surface area contributed by atoms with E-state index in [4.69, 9.17) is 0 Å². The lowest BCUT2D eigenvalue weighted by Gasteiger charge is -2.30. The summed E-state index contributed by atoms with van der Waals surface area (Å²) in [4.78, 5) is 18.3. The zero-order chi connectivity index (χ0) is 13.0. The zero-order valence-electron chi connectivity index (χ0n) is 10.6. The minimum Gasteiger partial charge on any atom is -0.391 e. The largest absolute Gasteiger partial charge is 0.391 e. The number of hydrogen-bond acceptors (Lipinski definition) is 4. The van der Waals surface area contributed by atoms with Gasteiger partial charge in [-0.05, 0) is 31.9 Å². The number of piperidine rings is 1. The highest BCUT2D eigenvalue weighted by Crippen LogP contribution is 2.18. The number of carbonyl (C=O) groups is 1. The van der Waals surface area contributed by atoms with Crippen molar-refractivity contribution < 1.29 is 9.90 Å². The number of pyridine rings is 1. The van der Waals surface area contributed by atoms with Crippen molar-refractivity contribution in [2.24, 2.45) is 0 Å². The summed E-state index contributed by atoms with van der Waals surface area (Å²) in [6.45, 7) is 3.81. The van der Waals surface area contributed by atoms with Gasteiger partial charge in [-0.3, -0.25) is 4.79 Å². The molecule has 2 heterocycles. The van der Waals surface area contributed by atoms with Crippen LogP contribution in [0.15, 0.2) is 18.3 Å². The molecule has 5 nitrogen and oxygen atoms in total. The molecule has 1 aromatic rings. The van der Waals surface area contributed by atoms with Crippen molar-refractivity contribution in [2.45, 2.75) is 25.9 Å². The predicted molar refractivity (Wildman–Crippen MR) is 69.5 cm³/mol. The number of nitrogens with one attached hydrogen (secondary N) is 1. The van der Waals surface area contributed by atoms with Crippen molar-refractivity contribution >= 4 is 11.7 Å². The number of anilines is 1. The Bertz CT molecular complexity index is 422. The van der Waals surface area contributed by atoms with E-state index in [0.29, 0.717) is 24.5 Å². The summed E-state index contributed by atoms with van der Waals surface area (Å²) in [6.07, 6.45) is 2.89. The molecule has 18 heavy (non-hydrogen) atoms. The number of hydrogen-bond donors (Lipinski definition) is 2. The quantitative estimate of drug-likeness (QED) is 0.842. The van der Waals surface area contributed by atoms with Crippen LogP contribution in [0.4, 0.5) is 5.82 Å². The second-order valence-corrected chi connectivity index (χ2v) is 4.48. The Kier molecular flexibility index (Phi) is 4.15. The Labute approximate surface area is 107 Å². The van der Waals surface area contributed by atoms with E-state index in [2.05, 4.69) is 10.3 Å². The predicted octanol–water partition coefficient (Wildman–Crippen LogP) is 1.11. The van der Waals surface area contributed by atoms with Gasteiger partial charge < -0.3 is 15.3 Å². The monoisotopic (exact) mass is 249 g/mol. The molecule has 1 aromatic heterocycles. The normalized spacial score (nSPS) is 19.7. The summed E-state index contributed by atoms with van der Waals surface area (Å²) >= 11 is 0. The molecule has 1 saturated heterocycles. The second-order valence-electron chi connectivity index (χ2n) is 4.48. The molecule has 0 saturated carbocycles. The first-order valence-electron chi connectivity index (χ1n) is 6.38. The van der Waals surface area contributed by atoms with Crippen molar-refractivity contribution in [2.75, 3.05) is 25.0 Å². The van der Waals surface area contributed by atoms with Gasteiger partial charge >= 0.3 is 0 Å². The first kappa shape index (κ1) is 12.8. The van der Waals surface area contributed by atoms with Crippen LogP contribution in [0, 0.1) is 0 Å². The van der Waals surface area contributed by atoms with E-state index in [1.54, 1.807) is 23.2 Å². The second kappa shape index (κ2) is 5.82. The lowest BCUT2D eigenvalue weighted by atomic mass is 10.1. The third-order valence-corrected chi connectivity index (χ3v) is 3.07. The van der Waals surface area contributed by atoms with Gasteiger partial charge in [-0.1, -0.05) is 0 Å². The fraction of sp³-hybridized carbons (Fsp3) is 0.538. The van der Waals surface area contributed by atoms with E-state index >= 15 is 0 Å². The molecule has 0 bridgehead atoms. The molecule has 0 aliphatic carbocycles. The van der Waals surface area contributed by atoms with Gasteiger partial charge in [0, 0.05) is 25.8 Å². The highest BCUT2D eigenvalue weighted by atomic mass is 16.3. The molecule has 0 radical (unpaired) electrons. The SMILES string of the molecule is CCNc1ncccc1C(=O)N1CCCC(O)C1. The van der Waals surface area contributed by atoms with Gasteiger partial charge in [0.1, 0.15) is 5.82 Å². The van der Waals surface area contributed by atoms with E-state index < -0.39 is 6.10 Å². The maximum atomic E-state index is 12.4. The number of rotatable bonds is 3. The Balaban J connectivity index is 2.17. The smallest absolute Gasteiger partial charge is 0.257 e. The van der Waals surface area contributed by atoms with E-state index in [1.807, 2.05) is 6.92 Å². The Hall–Kier alpha value is -1.62. The Morgan fingerprint density at radius 2 is 2.50 bits per heavy atom. The molecule has 2 N–H and O–H groups in total. The molecule has 98 valence electrons. The van der Waals surface area contributed by atoms with Crippen LogP contribution in [0.3, 0.4) is 0 Å². The van der Waals surface area contributed by atoms with Crippen molar-refractivity contribution in [3.05, 3.63) is 23.9 Å². The number of aliphatic hydroxyl groups excluding tert-OH is 1. The summed E-state index contributed by atoms with van der Waals surface area (Å²) in [7, 11) is 0. The first-order chi connectivity index (χ1) is 8.72. The summed E-state index contributed by atoms with van der Waals surface area (Å²) < 4.78 is 0. The van der Waals surface area contributed by atoms with Crippen LogP contribution < -0.4 is 5.32 Å². The van der Waals surface area contributed by atoms with Gasteiger partial charge in [0.15, 0.2) is 0 Å². The van der Waals surface area contributed by atoms with Gasteiger partial charge in [-0.2, -0.15) is 0 Å². The number of nitrogens with zero attached hydrogens (tertiary/aromatic N) is 2. The molecule has 1 fully saturated rings. The van der Waals surface area contributed by atoms with Crippen LogP contribution in [-0.4, -0.2) is 46.6 Å². The molecular weight excluding hydrogens is 230 g/mol. The summed E-state index contributed by atoms with van der Waals surface area (Å²) in [5.41, 5.74) is 0.577. The van der Waals surface area contributed by atoms with Crippen LogP contribution in [0.1, 0.15) is 30.1 Å². The number of amides is 1. The average Bonchev–Trinajstić information content (AvgIpc) is 2.39. The molecule has 0 spiro atoms. The summed E-state index contributed by atoms with van der Waals surface area (Å²) in [6, 6.07) is 3.53. The lowest BCUT2D eigenvalue weighted by Crippen LogP contribution is -2.42. The van der Waals surface area contributed by atoms with E-state index in [-0.39, 0.29) is 5.91 Å². The molecule has 1 aliphatic heterocycles. The number of β-amino-alcohol motifs (C(OH)–C–C–N with tert-alkyl or cyclic N) is 1. The molecule has 5 heteroatoms. The number of aliphatic hydroxyl groups is 1. The molecule has 1 unspecified atom stereocenters. The number of likely N-dealkylation sites (tertiary alicyclic amines) is 1. The third-order valence-electron chi connectivity index (χ3n) is 3.07. The first-order valence-corrected chi connectivity index (χ1v) is 6.38. The van der Waals surface area contributed by atoms with Gasteiger partial charge in [0.2, 0.25) is 0 Å². The average molecular weight is 249 g/mol. The molecular formula is C13H19N3O2. The Morgan fingerprint density at radius 3 is 3.22 bits per heavy atom. The molecule has 1 aliphatic rings. The zero-order valence-corrected chi connectivity index (χ0v) is 10.6. The third kappa shape index (κ3) is 2.79. The van der Waals surface area contributed by atoms with Crippen molar-refractivity contribution in [1.29, 1.82) is 0 Å². The van der Waals surface area contributed by atoms with Crippen molar-refractivity contribution in [1.82, 2.24) is 9.88 Å². The summed E-state index contributed by atoms with van der Waals surface area (Å²) in [5, 5.41) is 12.7. The van der Waals surface area contributed by atoms with E-state index in [9.17, 15) is 9.90 Å². The minimum absolute atomic E-state index is 0.0576. The van der Waals surface area contributed by atoms with Crippen molar-refractivity contribution in [3.8, 4) is 0 Å². The topological polar surface area (TPSA) is 65.5 Å². The highest BCUT2D eigenvalue weighted by Gasteiger charge is 2.24. The van der Waals surface area contributed by atoms with Crippen molar-refractivity contribution in [3.63, 3.8) is 0 Å². The van der Waals surface area contributed by atoms with Gasteiger partial charge in [-0.25, -0.2) is 4.98 Å². The number of carbonyl (C=O) groups excluding carboxylic acids is 1. The number of aromatic nitrogens is 1. The van der Waals surface area contributed by atoms with Crippen LogP contribution >= 0.6 is 0 Å². The minimum atomic E-state index is -0.401. The fourth-order valence-electron chi connectivity index (χ4n) is 2.20. The molecule has 2 rings (SSSR count). The van der Waals surface area contributed by atoms with Crippen LogP contribution in [0.25, 0.3) is 0 Å². The van der Waals surface area contributed by atoms with Crippen LogP contribution in [-0.2, 0) is 0 Å². The summed E-state index contributed by atoms with van der Waals surface area (Å²) in [5.74, 6) is 0.558. The highest BCUT2D eigenvalue weighted by molar-refractivity contribution is 5.98. The molecule has 1 atom stereocenters. The Morgan fingerprint density at radius 1 is 1.67 bits per heavy atom.